The summed E-state index contributed by atoms with van der Waals surface area (Å²) in [6.45, 7) is 2.14. The summed E-state index contributed by atoms with van der Waals surface area (Å²) in [6, 6.07) is 14.0. The summed E-state index contributed by atoms with van der Waals surface area (Å²) in [5, 5.41) is 5.26. The Morgan fingerprint density at radius 3 is 2.24 bits per heavy atom. The van der Waals surface area contributed by atoms with E-state index in [2.05, 4.69) is 17.6 Å². The molecule has 0 atom stereocenters. The van der Waals surface area contributed by atoms with E-state index in [1.807, 2.05) is 18.2 Å². The molecule has 7 nitrogen and oxygen atoms in total. The Hall–Kier alpha value is -3.61. The molecule has 0 bridgehead atoms. The first kappa shape index (κ1) is 26.6. The normalized spacial score (nSPS) is 10.6. The molecule has 0 spiro atoms. The molecule has 7 heteroatoms. The molecule has 0 aliphatic rings. The second-order valence-corrected chi connectivity index (χ2v) is 7.83. The van der Waals surface area contributed by atoms with E-state index in [1.165, 1.54) is 19.3 Å². The van der Waals surface area contributed by atoms with Gasteiger partial charge in [-0.25, -0.2) is 0 Å². The van der Waals surface area contributed by atoms with E-state index in [0.717, 1.165) is 18.4 Å². The SMILES string of the molecule is CCCCCCC=CC(=O)c1ccc(CNC(=O)CNC(=O)COc2ccc(OC)cc2)cc1. The van der Waals surface area contributed by atoms with Crippen LogP contribution in [0.4, 0.5) is 0 Å². The van der Waals surface area contributed by atoms with Gasteiger partial charge in [0.2, 0.25) is 5.91 Å². The van der Waals surface area contributed by atoms with E-state index in [-0.39, 0.29) is 24.8 Å². The molecule has 0 saturated heterocycles. The number of carbonyl (C=O) groups excluding carboxylic acids is 3. The standard InChI is InChI=1S/C27H34N2O5/c1-3-4-5-6-7-8-9-25(30)22-12-10-21(11-13-22)18-28-26(31)19-29-27(32)20-34-24-16-14-23(33-2)15-17-24/h8-17H,3-7,18-20H2,1-2H3,(H,28,31)(H,29,32). The molecule has 2 aromatic rings. The molecule has 2 N–H and O–H groups in total. The minimum absolute atomic E-state index is 0.0225. The van der Waals surface area contributed by atoms with Gasteiger partial charge in [-0.3, -0.25) is 14.4 Å². The van der Waals surface area contributed by atoms with Crippen molar-refractivity contribution >= 4 is 17.6 Å². The lowest BCUT2D eigenvalue weighted by atomic mass is 10.1. The van der Waals surface area contributed by atoms with Crippen LogP contribution >= 0.6 is 0 Å². The van der Waals surface area contributed by atoms with Crippen LogP contribution in [0.25, 0.3) is 0 Å². The summed E-state index contributed by atoms with van der Waals surface area (Å²) in [6.07, 6.45) is 9.20. The molecule has 2 amide bonds. The Morgan fingerprint density at radius 2 is 1.56 bits per heavy atom. The predicted molar refractivity (Wildman–Crippen MR) is 132 cm³/mol. The number of unbranched alkanes of at least 4 members (excludes halogenated alkanes) is 4. The highest BCUT2D eigenvalue weighted by molar-refractivity contribution is 6.04. The van der Waals surface area contributed by atoms with Crippen molar-refractivity contribution in [1.82, 2.24) is 10.6 Å². The summed E-state index contributed by atoms with van der Waals surface area (Å²) in [4.78, 5) is 36.1. The minimum Gasteiger partial charge on any atom is -0.497 e. The third-order valence-electron chi connectivity index (χ3n) is 5.10. The molecule has 0 unspecified atom stereocenters. The summed E-state index contributed by atoms with van der Waals surface area (Å²) in [7, 11) is 1.57. The Labute approximate surface area is 201 Å². The lowest BCUT2D eigenvalue weighted by Gasteiger charge is -2.09. The molecular formula is C27H34N2O5. The van der Waals surface area contributed by atoms with Crippen molar-refractivity contribution < 1.29 is 23.9 Å². The monoisotopic (exact) mass is 466 g/mol. The number of hydrogen-bond donors (Lipinski definition) is 2. The van der Waals surface area contributed by atoms with Gasteiger partial charge in [0.15, 0.2) is 12.4 Å². The summed E-state index contributed by atoms with van der Waals surface area (Å²) in [5.74, 6) is 0.492. The lowest BCUT2D eigenvalue weighted by molar-refractivity contribution is -0.127. The number of benzene rings is 2. The van der Waals surface area contributed by atoms with Gasteiger partial charge < -0.3 is 20.1 Å². The van der Waals surface area contributed by atoms with Gasteiger partial charge in [0.1, 0.15) is 11.5 Å². The third kappa shape index (κ3) is 10.3. The molecule has 0 aromatic heterocycles. The quantitative estimate of drug-likeness (QED) is 0.233. The van der Waals surface area contributed by atoms with Crippen molar-refractivity contribution in [3.63, 3.8) is 0 Å². The fraction of sp³-hybridized carbons (Fsp3) is 0.370. The molecule has 182 valence electrons. The first-order valence-corrected chi connectivity index (χ1v) is 11.6. The van der Waals surface area contributed by atoms with Crippen LogP contribution in [0, 0.1) is 0 Å². The van der Waals surface area contributed by atoms with E-state index < -0.39 is 5.91 Å². The van der Waals surface area contributed by atoms with Crippen LogP contribution in [0.5, 0.6) is 11.5 Å². The van der Waals surface area contributed by atoms with Crippen LogP contribution in [-0.4, -0.2) is 37.9 Å². The Balaban J connectivity index is 1.64. The summed E-state index contributed by atoms with van der Waals surface area (Å²) in [5.41, 5.74) is 1.48. The molecule has 0 radical (unpaired) electrons. The van der Waals surface area contributed by atoms with Gasteiger partial charge in [-0.05, 0) is 48.7 Å². The average molecular weight is 467 g/mol. The smallest absolute Gasteiger partial charge is 0.258 e. The highest BCUT2D eigenvalue weighted by atomic mass is 16.5. The van der Waals surface area contributed by atoms with Crippen molar-refractivity contribution in [1.29, 1.82) is 0 Å². The van der Waals surface area contributed by atoms with Gasteiger partial charge in [0, 0.05) is 12.1 Å². The van der Waals surface area contributed by atoms with E-state index >= 15 is 0 Å². The van der Waals surface area contributed by atoms with Gasteiger partial charge in [-0.1, -0.05) is 56.5 Å². The van der Waals surface area contributed by atoms with E-state index in [9.17, 15) is 14.4 Å². The van der Waals surface area contributed by atoms with Crippen molar-refractivity contribution in [2.24, 2.45) is 0 Å². The van der Waals surface area contributed by atoms with Crippen LogP contribution in [0.3, 0.4) is 0 Å². The summed E-state index contributed by atoms with van der Waals surface area (Å²) >= 11 is 0. The van der Waals surface area contributed by atoms with Crippen LogP contribution in [0.1, 0.15) is 54.9 Å². The van der Waals surface area contributed by atoms with Gasteiger partial charge >= 0.3 is 0 Å². The van der Waals surface area contributed by atoms with Crippen molar-refractivity contribution in [2.45, 2.75) is 45.6 Å². The zero-order valence-corrected chi connectivity index (χ0v) is 20.0. The molecule has 2 aromatic carbocycles. The Morgan fingerprint density at radius 1 is 0.853 bits per heavy atom. The van der Waals surface area contributed by atoms with E-state index in [0.29, 0.717) is 23.6 Å². The fourth-order valence-corrected chi connectivity index (χ4v) is 3.08. The van der Waals surface area contributed by atoms with Crippen LogP contribution in [0.2, 0.25) is 0 Å². The summed E-state index contributed by atoms with van der Waals surface area (Å²) < 4.78 is 10.4. The fourth-order valence-electron chi connectivity index (χ4n) is 3.08. The number of rotatable bonds is 15. The number of methoxy groups -OCH3 is 1. The zero-order valence-electron chi connectivity index (χ0n) is 20.0. The number of ketones is 1. The van der Waals surface area contributed by atoms with Crippen LogP contribution < -0.4 is 20.1 Å². The van der Waals surface area contributed by atoms with Gasteiger partial charge in [0.05, 0.1) is 13.7 Å². The first-order valence-electron chi connectivity index (χ1n) is 11.6. The molecule has 0 saturated carbocycles. The average Bonchev–Trinajstić information content (AvgIpc) is 2.87. The predicted octanol–water partition coefficient (Wildman–Crippen LogP) is 4.22. The minimum atomic E-state index is -0.396. The maximum absolute atomic E-state index is 12.2. The maximum Gasteiger partial charge on any atom is 0.258 e. The Kier molecular flexibility index (Phi) is 12.0. The number of nitrogens with one attached hydrogen (secondary N) is 2. The number of allylic oxidation sites excluding steroid dienone is 2. The molecule has 0 fully saturated rings. The van der Waals surface area contributed by atoms with Crippen LogP contribution in [0.15, 0.2) is 60.7 Å². The molecule has 0 aliphatic heterocycles. The highest BCUT2D eigenvalue weighted by Crippen LogP contribution is 2.16. The number of ether oxygens (including phenoxy) is 2. The second kappa shape index (κ2) is 15.3. The van der Waals surface area contributed by atoms with Gasteiger partial charge in [-0.2, -0.15) is 0 Å². The van der Waals surface area contributed by atoms with Crippen LogP contribution in [-0.2, 0) is 16.1 Å². The van der Waals surface area contributed by atoms with E-state index in [1.54, 1.807) is 49.6 Å². The van der Waals surface area contributed by atoms with E-state index in [4.69, 9.17) is 9.47 Å². The lowest BCUT2D eigenvalue weighted by Crippen LogP contribution is -2.38. The highest BCUT2D eigenvalue weighted by Gasteiger charge is 2.07. The first-order chi connectivity index (χ1) is 16.5. The molecular weight excluding hydrogens is 432 g/mol. The second-order valence-electron chi connectivity index (χ2n) is 7.83. The molecule has 2 rings (SSSR count). The molecule has 0 heterocycles. The Bertz CT molecular complexity index is 936. The number of hydrogen-bond acceptors (Lipinski definition) is 5. The maximum atomic E-state index is 12.2. The topological polar surface area (TPSA) is 93.7 Å². The molecule has 0 aliphatic carbocycles. The van der Waals surface area contributed by atoms with Crippen molar-refractivity contribution in [3.8, 4) is 11.5 Å². The van der Waals surface area contributed by atoms with Crippen molar-refractivity contribution in [3.05, 3.63) is 71.8 Å². The van der Waals surface area contributed by atoms with Gasteiger partial charge in [-0.15, -0.1) is 0 Å². The third-order valence-corrected chi connectivity index (χ3v) is 5.10. The number of carbonyl (C=O) groups is 3. The molecule has 34 heavy (non-hydrogen) atoms. The van der Waals surface area contributed by atoms with Crippen molar-refractivity contribution in [2.75, 3.05) is 20.3 Å². The number of amides is 2. The van der Waals surface area contributed by atoms with Gasteiger partial charge in [0.25, 0.3) is 5.91 Å². The zero-order chi connectivity index (χ0) is 24.6. The largest absolute Gasteiger partial charge is 0.497 e.